The van der Waals surface area contributed by atoms with E-state index in [1.807, 2.05) is 24.0 Å². The van der Waals surface area contributed by atoms with Gasteiger partial charge in [0, 0.05) is 31.7 Å². The van der Waals surface area contributed by atoms with Crippen LogP contribution in [0.1, 0.15) is 13.3 Å². The van der Waals surface area contributed by atoms with E-state index in [0.29, 0.717) is 0 Å². The first kappa shape index (κ1) is 12.3. The van der Waals surface area contributed by atoms with Crippen LogP contribution in [0, 0.1) is 0 Å². The van der Waals surface area contributed by atoms with Gasteiger partial charge in [-0.05, 0) is 13.0 Å². The molecule has 0 aliphatic carbocycles. The monoisotopic (exact) mass is 225 g/mol. The normalized spacial score (nSPS) is 10.5. The Labute approximate surface area is 96.0 Å². The second-order valence-electron chi connectivity index (χ2n) is 3.54. The summed E-state index contributed by atoms with van der Waals surface area (Å²) in [6, 6.07) is 0. The van der Waals surface area contributed by atoms with Gasteiger partial charge < -0.3 is 9.88 Å². The highest BCUT2D eigenvalue weighted by Gasteiger charge is 2.01. The summed E-state index contributed by atoms with van der Waals surface area (Å²) in [4.78, 5) is 4.25. The van der Waals surface area contributed by atoms with E-state index in [2.05, 4.69) is 23.8 Å². The fourth-order valence-corrected chi connectivity index (χ4v) is 1.99. The van der Waals surface area contributed by atoms with Crippen LogP contribution in [-0.2, 0) is 7.05 Å². The maximum atomic E-state index is 4.25. The summed E-state index contributed by atoms with van der Waals surface area (Å²) < 4.78 is 2.03. The minimum absolute atomic E-state index is 0.908. The Morgan fingerprint density at radius 1 is 1.67 bits per heavy atom. The third-order valence-corrected chi connectivity index (χ3v) is 3.19. The quantitative estimate of drug-likeness (QED) is 0.438. The standard InChI is InChI=1S/C11H19N3S/c1-4-5-12-8-10(2)9-15-11-13-6-7-14(11)3/h6-7,12H,2,4-5,8-9H2,1,3H3. The Morgan fingerprint density at radius 3 is 3.07 bits per heavy atom. The van der Waals surface area contributed by atoms with Crippen LogP contribution in [0.25, 0.3) is 0 Å². The Balaban J connectivity index is 2.20. The molecule has 1 aromatic rings. The maximum absolute atomic E-state index is 4.25. The summed E-state index contributed by atoms with van der Waals surface area (Å²) in [6.45, 7) is 8.17. The van der Waals surface area contributed by atoms with Gasteiger partial charge in [0.05, 0.1) is 0 Å². The molecule has 0 atom stereocenters. The highest BCUT2D eigenvalue weighted by Crippen LogP contribution is 2.16. The fourth-order valence-electron chi connectivity index (χ4n) is 1.15. The van der Waals surface area contributed by atoms with Crippen LogP contribution in [0.15, 0.2) is 29.7 Å². The lowest BCUT2D eigenvalue weighted by molar-refractivity contribution is 0.715. The van der Waals surface area contributed by atoms with Crippen LogP contribution in [0.5, 0.6) is 0 Å². The molecule has 0 amide bonds. The van der Waals surface area contributed by atoms with E-state index in [0.717, 1.165) is 24.0 Å². The number of nitrogens with one attached hydrogen (secondary N) is 1. The van der Waals surface area contributed by atoms with Crippen molar-refractivity contribution in [2.45, 2.75) is 18.5 Å². The van der Waals surface area contributed by atoms with E-state index in [1.54, 1.807) is 11.8 Å². The summed E-state index contributed by atoms with van der Waals surface area (Å²) in [5, 5.41) is 4.39. The molecule has 0 fully saturated rings. The first-order chi connectivity index (χ1) is 7.24. The minimum atomic E-state index is 0.908. The third kappa shape index (κ3) is 4.53. The number of aryl methyl sites for hydroxylation is 1. The topological polar surface area (TPSA) is 29.9 Å². The van der Waals surface area contributed by atoms with Gasteiger partial charge in [-0.25, -0.2) is 4.98 Å². The molecule has 84 valence electrons. The summed E-state index contributed by atoms with van der Waals surface area (Å²) in [7, 11) is 2.01. The highest BCUT2D eigenvalue weighted by molar-refractivity contribution is 7.99. The van der Waals surface area contributed by atoms with E-state index in [1.165, 1.54) is 12.0 Å². The number of aromatic nitrogens is 2. The van der Waals surface area contributed by atoms with Crippen LogP contribution in [-0.4, -0.2) is 28.4 Å². The summed E-state index contributed by atoms with van der Waals surface area (Å²) in [5.74, 6) is 0.932. The average Bonchev–Trinajstić information content (AvgIpc) is 2.61. The van der Waals surface area contributed by atoms with Crippen molar-refractivity contribution in [2.75, 3.05) is 18.8 Å². The first-order valence-electron chi connectivity index (χ1n) is 5.21. The fraction of sp³-hybridized carbons (Fsp3) is 0.545. The zero-order valence-corrected chi connectivity index (χ0v) is 10.3. The summed E-state index contributed by atoms with van der Waals surface area (Å²) in [5.41, 5.74) is 1.22. The van der Waals surface area contributed by atoms with Crippen molar-refractivity contribution < 1.29 is 0 Å². The van der Waals surface area contributed by atoms with Gasteiger partial charge in [0.1, 0.15) is 0 Å². The Bertz CT molecular complexity index is 307. The zero-order chi connectivity index (χ0) is 11.1. The van der Waals surface area contributed by atoms with Crippen molar-refractivity contribution in [2.24, 2.45) is 7.05 Å². The number of hydrogen-bond donors (Lipinski definition) is 1. The second-order valence-corrected chi connectivity index (χ2v) is 4.48. The van der Waals surface area contributed by atoms with Gasteiger partial charge in [-0.15, -0.1) is 0 Å². The molecule has 1 rings (SSSR count). The van der Waals surface area contributed by atoms with E-state index >= 15 is 0 Å². The minimum Gasteiger partial charge on any atom is -0.329 e. The first-order valence-corrected chi connectivity index (χ1v) is 6.20. The molecular weight excluding hydrogens is 206 g/mol. The van der Waals surface area contributed by atoms with Gasteiger partial charge in [0.15, 0.2) is 5.16 Å². The van der Waals surface area contributed by atoms with Crippen molar-refractivity contribution in [1.82, 2.24) is 14.9 Å². The predicted molar refractivity (Wildman–Crippen MR) is 66.2 cm³/mol. The molecule has 0 aliphatic heterocycles. The molecule has 0 aromatic carbocycles. The summed E-state index contributed by atoms with van der Waals surface area (Å²) in [6.07, 6.45) is 4.95. The molecule has 0 saturated carbocycles. The SMILES string of the molecule is C=C(CNCCC)CSc1nccn1C. The van der Waals surface area contributed by atoms with Crippen LogP contribution in [0.2, 0.25) is 0 Å². The van der Waals surface area contributed by atoms with E-state index < -0.39 is 0 Å². The largest absolute Gasteiger partial charge is 0.329 e. The van der Waals surface area contributed by atoms with Gasteiger partial charge in [0.25, 0.3) is 0 Å². The lowest BCUT2D eigenvalue weighted by atomic mass is 10.3. The van der Waals surface area contributed by atoms with Gasteiger partial charge in [-0.3, -0.25) is 0 Å². The van der Waals surface area contributed by atoms with E-state index in [9.17, 15) is 0 Å². The van der Waals surface area contributed by atoms with E-state index in [4.69, 9.17) is 0 Å². The highest BCUT2D eigenvalue weighted by atomic mass is 32.2. The van der Waals surface area contributed by atoms with E-state index in [-0.39, 0.29) is 0 Å². The second kappa shape index (κ2) is 6.69. The number of thioether (sulfide) groups is 1. The molecule has 0 bridgehead atoms. The molecule has 1 aromatic heterocycles. The predicted octanol–water partition coefficient (Wildman–Crippen LogP) is 2.07. The Kier molecular flexibility index (Phi) is 5.50. The molecule has 0 aliphatic rings. The third-order valence-electron chi connectivity index (χ3n) is 1.98. The number of rotatable bonds is 7. The molecule has 3 nitrogen and oxygen atoms in total. The number of nitrogens with zero attached hydrogens (tertiary/aromatic N) is 2. The smallest absolute Gasteiger partial charge is 0.167 e. The molecule has 1 heterocycles. The average molecular weight is 225 g/mol. The number of hydrogen-bond acceptors (Lipinski definition) is 3. The van der Waals surface area contributed by atoms with Crippen LogP contribution in [0.4, 0.5) is 0 Å². The molecule has 0 radical (unpaired) electrons. The zero-order valence-electron chi connectivity index (χ0n) is 9.49. The Morgan fingerprint density at radius 2 is 2.47 bits per heavy atom. The van der Waals surface area contributed by atoms with Crippen LogP contribution in [0.3, 0.4) is 0 Å². The summed E-state index contributed by atoms with van der Waals surface area (Å²) >= 11 is 1.73. The van der Waals surface area contributed by atoms with Crippen molar-refractivity contribution in [1.29, 1.82) is 0 Å². The van der Waals surface area contributed by atoms with Gasteiger partial charge in [-0.1, -0.05) is 30.8 Å². The Hall–Kier alpha value is -0.740. The molecule has 0 unspecified atom stereocenters. The lowest BCUT2D eigenvalue weighted by Crippen LogP contribution is -2.18. The number of imidazole rings is 1. The molecule has 15 heavy (non-hydrogen) atoms. The van der Waals surface area contributed by atoms with Crippen molar-refractivity contribution >= 4 is 11.8 Å². The van der Waals surface area contributed by atoms with Gasteiger partial charge in [0.2, 0.25) is 0 Å². The van der Waals surface area contributed by atoms with Crippen molar-refractivity contribution in [3.8, 4) is 0 Å². The molecule has 4 heteroatoms. The van der Waals surface area contributed by atoms with Crippen LogP contribution < -0.4 is 5.32 Å². The van der Waals surface area contributed by atoms with Crippen LogP contribution >= 0.6 is 11.8 Å². The van der Waals surface area contributed by atoms with Gasteiger partial charge in [-0.2, -0.15) is 0 Å². The maximum Gasteiger partial charge on any atom is 0.167 e. The van der Waals surface area contributed by atoms with Crippen molar-refractivity contribution in [3.05, 3.63) is 24.5 Å². The lowest BCUT2D eigenvalue weighted by Gasteiger charge is -2.06. The van der Waals surface area contributed by atoms with Gasteiger partial charge >= 0.3 is 0 Å². The molecule has 1 N–H and O–H groups in total. The molecular formula is C11H19N3S. The molecule has 0 saturated heterocycles. The molecule has 0 spiro atoms. The van der Waals surface area contributed by atoms with Crippen molar-refractivity contribution in [3.63, 3.8) is 0 Å².